The summed E-state index contributed by atoms with van der Waals surface area (Å²) in [5.41, 5.74) is 8.54. The Labute approximate surface area is 222 Å². The molecule has 0 fully saturated rings. The van der Waals surface area contributed by atoms with E-state index < -0.39 is 0 Å². The number of aromatic nitrogens is 5. The number of hydrogen-bond donors (Lipinski definition) is 0. The number of nitrogens with zero attached hydrogens (tertiary/aromatic N) is 5. The zero-order valence-corrected chi connectivity index (χ0v) is 22.5. The lowest BCUT2D eigenvalue weighted by atomic mass is 9.86. The number of carbonyl (C=O) groups excluding carboxylic acids is 1. The number of fused-ring (bicyclic) bond motifs is 1. The van der Waals surface area contributed by atoms with E-state index in [1.165, 1.54) is 6.07 Å². The first kappa shape index (κ1) is 25.5. The topological polar surface area (TPSA) is 65.6 Å². The molecule has 5 rings (SSSR count). The van der Waals surface area contributed by atoms with E-state index in [1.54, 1.807) is 16.9 Å². The van der Waals surface area contributed by atoms with E-state index in [2.05, 4.69) is 35.3 Å². The van der Waals surface area contributed by atoms with Crippen LogP contribution >= 0.6 is 0 Å². The molecular formula is C31H32FN5O. The van der Waals surface area contributed by atoms with Crippen LogP contribution < -0.4 is 0 Å². The molecule has 0 N–H and O–H groups in total. The van der Waals surface area contributed by atoms with Gasteiger partial charge in [0.1, 0.15) is 5.82 Å². The third-order valence-electron chi connectivity index (χ3n) is 7.06. The maximum atomic E-state index is 14.3. The van der Waals surface area contributed by atoms with Gasteiger partial charge in [-0.05, 0) is 75.1 Å². The summed E-state index contributed by atoms with van der Waals surface area (Å²) in [7, 11) is 1.96. The lowest BCUT2D eigenvalue weighted by Gasteiger charge is -2.21. The van der Waals surface area contributed by atoms with Gasteiger partial charge in [0.2, 0.25) is 0 Å². The first-order valence-corrected chi connectivity index (χ1v) is 12.9. The standard InChI is InChI=1S/C31H32FN5O/c1-19-13-23(16-25(32)14-19)15-24(17-26(38)18-37-12-10-21(3)34-37)30-27(7-6-11-33-30)28-9-8-20(2)29-22(4)35-36(5)31(28)29/h6-14,16,24H,15,17-18H2,1-5H3. The van der Waals surface area contributed by atoms with Crippen LogP contribution in [0.1, 0.15) is 46.1 Å². The minimum atomic E-state index is -0.274. The first-order valence-electron chi connectivity index (χ1n) is 12.9. The fraction of sp³-hybridized carbons (Fsp3) is 0.290. The molecule has 0 bridgehead atoms. The highest BCUT2D eigenvalue weighted by atomic mass is 19.1. The average Bonchev–Trinajstić information content (AvgIpc) is 3.40. The summed E-state index contributed by atoms with van der Waals surface area (Å²) in [6.07, 6.45) is 4.34. The van der Waals surface area contributed by atoms with Crippen LogP contribution in [-0.2, 0) is 24.8 Å². The second-order valence-corrected chi connectivity index (χ2v) is 10.2. The summed E-state index contributed by atoms with van der Waals surface area (Å²) < 4.78 is 17.9. The van der Waals surface area contributed by atoms with Gasteiger partial charge in [0.15, 0.2) is 5.78 Å². The molecule has 1 atom stereocenters. The minimum absolute atomic E-state index is 0.0493. The normalized spacial score (nSPS) is 12.3. The Kier molecular flexibility index (Phi) is 6.93. The van der Waals surface area contributed by atoms with Gasteiger partial charge in [-0.3, -0.25) is 19.1 Å². The summed E-state index contributed by atoms with van der Waals surface area (Å²) in [4.78, 5) is 18.1. The van der Waals surface area contributed by atoms with Crippen molar-refractivity contribution in [3.8, 4) is 11.1 Å². The Morgan fingerprint density at radius 1 is 1.00 bits per heavy atom. The van der Waals surface area contributed by atoms with Crippen LogP contribution in [-0.4, -0.2) is 30.3 Å². The number of ketones is 1. The summed E-state index contributed by atoms with van der Waals surface area (Å²) in [5, 5.41) is 10.2. The van der Waals surface area contributed by atoms with E-state index in [9.17, 15) is 9.18 Å². The predicted octanol–water partition coefficient (Wildman–Crippen LogP) is 6.19. The van der Waals surface area contributed by atoms with Gasteiger partial charge < -0.3 is 0 Å². The van der Waals surface area contributed by atoms with Crippen molar-refractivity contribution in [2.45, 2.75) is 53.0 Å². The van der Waals surface area contributed by atoms with Gasteiger partial charge in [-0.25, -0.2) is 4.39 Å². The van der Waals surface area contributed by atoms with Crippen LogP contribution in [0, 0.1) is 33.5 Å². The highest BCUT2D eigenvalue weighted by Crippen LogP contribution is 2.37. The SMILES string of the molecule is Cc1cc(F)cc(CC(CC(=O)Cn2ccc(C)n2)c2ncccc2-c2ccc(C)c3c(C)nn(C)c23)c1. The van der Waals surface area contributed by atoms with Gasteiger partial charge in [0, 0.05) is 48.3 Å². The van der Waals surface area contributed by atoms with E-state index in [0.717, 1.165) is 55.8 Å². The fourth-order valence-electron chi connectivity index (χ4n) is 5.55. The molecule has 0 aliphatic rings. The molecule has 38 heavy (non-hydrogen) atoms. The Morgan fingerprint density at radius 2 is 1.82 bits per heavy atom. The lowest BCUT2D eigenvalue weighted by Crippen LogP contribution is -2.17. The Balaban J connectivity index is 1.60. The summed E-state index contributed by atoms with van der Waals surface area (Å²) in [5.74, 6) is -0.473. The zero-order valence-electron chi connectivity index (χ0n) is 22.5. The van der Waals surface area contributed by atoms with E-state index in [0.29, 0.717) is 6.42 Å². The van der Waals surface area contributed by atoms with Crippen LogP contribution in [0.3, 0.4) is 0 Å². The van der Waals surface area contributed by atoms with E-state index in [4.69, 9.17) is 4.98 Å². The highest BCUT2D eigenvalue weighted by molar-refractivity contribution is 5.98. The van der Waals surface area contributed by atoms with Crippen molar-refractivity contribution in [3.05, 3.63) is 101 Å². The molecule has 3 heterocycles. The monoisotopic (exact) mass is 509 g/mol. The van der Waals surface area contributed by atoms with Crippen LogP contribution in [0.4, 0.5) is 4.39 Å². The molecule has 0 radical (unpaired) electrons. The van der Waals surface area contributed by atoms with Crippen molar-refractivity contribution < 1.29 is 9.18 Å². The number of halogens is 1. The molecule has 2 aromatic carbocycles. The smallest absolute Gasteiger partial charge is 0.154 e. The third kappa shape index (κ3) is 5.14. The molecule has 194 valence electrons. The van der Waals surface area contributed by atoms with Gasteiger partial charge in [-0.2, -0.15) is 10.2 Å². The summed E-state index contributed by atoms with van der Waals surface area (Å²) in [6.45, 7) is 8.08. The van der Waals surface area contributed by atoms with Gasteiger partial charge in [-0.1, -0.05) is 24.3 Å². The number of benzene rings is 2. The molecule has 3 aromatic heterocycles. The number of carbonyl (C=O) groups is 1. The molecule has 6 nitrogen and oxygen atoms in total. The van der Waals surface area contributed by atoms with Crippen LogP contribution in [0.5, 0.6) is 0 Å². The molecule has 1 unspecified atom stereocenters. The molecule has 0 amide bonds. The Morgan fingerprint density at radius 3 is 2.55 bits per heavy atom. The van der Waals surface area contributed by atoms with Crippen molar-refractivity contribution in [1.82, 2.24) is 24.5 Å². The van der Waals surface area contributed by atoms with Crippen molar-refractivity contribution in [1.29, 1.82) is 0 Å². The molecule has 0 spiro atoms. The van der Waals surface area contributed by atoms with Gasteiger partial charge >= 0.3 is 0 Å². The maximum Gasteiger partial charge on any atom is 0.154 e. The molecule has 5 aromatic rings. The largest absolute Gasteiger partial charge is 0.298 e. The van der Waals surface area contributed by atoms with Crippen LogP contribution in [0.15, 0.2) is 60.9 Å². The van der Waals surface area contributed by atoms with Gasteiger partial charge in [-0.15, -0.1) is 0 Å². The second-order valence-electron chi connectivity index (χ2n) is 10.2. The predicted molar refractivity (Wildman–Crippen MR) is 148 cm³/mol. The number of rotatable bonds is 8. The van der Waals surface area contributed by atoms with Gasteiger partial charge in [0.25, 0.3) is 0 Å². The number of pyridine rings is 1. The summed E-state index contributed by atoms with van der Waals surface area (Å²) in [6, 6.07) is 15.1. The zero-order chi connectivity index (χ0) is 27.0. The summed E-state index contributed by atoms with van der Waals surface area (Å²) >= 11 is 0. The average molecular weight is 510 g/mol. The first-order chi connectivity index (χ1) is 18.2. The third-order valence-corrected chi connectivity index (χ3v) is 7.06. The van der Waals surface area contributed by atoms with E-state index in [-0.39, 0.29) is 30.5 Å². The molecular weight excluding hydrogens is 477 g/mol. The highest BCUT2D eigenvalue weighted by Gasteiger charge is 2.24. The van der Waals surface area contributed by atoms with Crippen molar-refractivity contribution in [2.75, 3.05) is 0 Å². The number of aryl methyl sites for hydroxylation is 5. The number of Topliss-reactive ketones (excluding diaryl/α,β-unsaturated/α-hetero) is 1. The second kappa shape index (κ2) is 10.3. The van der Waals surface area contributed by atoms with E-state index in [1.807, 2.05) is 56.9 Å². The van der Waals surface area contributed by atoms with Crippen molar-refractivity contribution >= 4 is 16.7 Å². The van der Waals surface area contributed by atoms with Crippen LogP contribution in [0.25, 0.3) is 22.0 Å². The van der Waals surface area contributed by atoms with Crippen molar-refractivity contribution in [3.63, 3.8) is 0 Å². The number of hydrogen-bond acceptors (Lipinski definition) is 4. The minimum Gasteiger partial charge on any atom is -0.298 e. The molecule has 7 heteroatoms. The quantitative estimate of drug-likeness (QED) is 0.250. The molecule has 0 aliphatic heterocycles. The Bertz CT molecular complexity index is 1630. The Hall–Kier alpha value is -4.13. The molecule has 0 aliphatic carbocycles. The maximum absolute atomic E-state index is 14.3. The van der Waals surface area contributed by atoms with E-state index >= 15 is 0 Å². The molecule has 0 saturated heterocycles. The van der Waals surface area contributed by atoms with Gasteiger partial charge in [0.05, 0.1) is 29.1 Å². The van der Waals surface area contributed by atoms with Crippen molar-refractivity contribution in [2.24, 2.45) is 7.05 Å². The fourth-order valence-corrected chi connectivity index (χ4v) is 5.55. The lowest BCUT2D eigenvalue weighted by molar-refractivity contribution is -0.120. The molecule has 0 saturated carbocycles. The van der Waals surface area contributed by atoms with Crippen LogP contribution in [0.2, 0.25) is 0 Å².